The lowest BCUT2D eigenvalue weighted by Gasteiger charge is -2.33. The van der Waals surface area contributed by atoms with E-state index in [4.69, 9.17) is 0 Å². The quantitative estimate of drug-likeness (QED) is 0.565. The van der Waals surface area contributed by atoms with Crippen LogP contribution in [0.3, 0.4) is 0 Å². The van der Waals surface area contributed by atoms with E-state index in [2.05, 4.69) is 24.1 Å². The molecule has 0 saturated heterocycles. The first-order chi connectivity index (χ1) is 9.38. The van der Waals surface area contributed by atoms with Crippen molar-refractivity contribution >= 4 is 0 Å². The molecule has 0 aliphatic heterocycles. The molecule has 1 fully saturated rings. The molecule has 1 aliphatic rings. The highest BCUT2D eigenvalue weighted by molar-refractivity contribution is 4.75. The Bertz CT molecular complexity index is 188. The highest BCUT2D eigenvalue weighted by Gasteiger charge is 2.18. The molecule has 0 unspecified atom stereocenters. The van der Waals surface area contributed by atoms with Gasteiger partial charge in [-0.15, -0.1) is 0 Å². The summed E-state index contributed by atoms with van der Waals surface area (Å²) in [6, 6.07) is 0.907. The van der Waals surface area contributed by atoms with Crippen LogP contribution in [0.5, 0.6) is 0 Å². The standard InChI is InChI=1S/C17H36N2/c1-3-14-18-15-10-5-6-11-16-19(4-2)17-12-8-7-9-13-17/h17-18H,3-16H2,1-2H3. The predicted octanol–water partition coefficient (Wildman–Crippen LogP) is 4.20. The maximum absolute atomic E-state index is 3.49. The van der Waals surface area contributed by atoms with Gasteiger partial charge in [-0.05, 0) is 58.3 Å². The molecule has 0 radical (unpaired) electrons. The van der Waals surface area contributed by atoms with Crippen molar-refractivity contribution < 1.29 is 0 Å². The van der Waals surface area contributed by atoms with Gasteiger partial charge in [0.25, 0.3) is 0 Å². The summed E-state index contributed by atoms with van der Waals surface area (Å²) in [7, 11) is 0. The monoisotopic (exact) mass is 268 g/mol. The van der Waals surface area contributed by atoms with Gasteiger partial charge >= 0.3 is 0 Å². The molecule has 0 aromatic rings. The van der Waals surface area contributed by atoms with E-state index in [9.17, 15) is 0 Å². The molecular formula is C17H36N2. The second kappa shape index (κ2) is 11.7. The van der Waals surface area contributed by atoms with Gasteiger partial charge in [-0.1, -0.05) is 46.0 Å². The number of hydrogen-bond acceptors (Lipinski definition) is 2. The Hall–Kier alpha value is -0.0800. The fourth-order valence-electron chi connectivity index (χ4n) is 3.27. The normalized spacial score (nSPS) is 17.2. The summed E-state index contributed by atoms with van der Waals surface area (Å²) < 4.78 is 0. The fourth-order valence-corrected chi connectivity index (χ4v) is 3.27. The minimum Gasteiger partial charge on any atom is -0.317 e. The van der Waals surface area contributed by atoms with Crippen LogP contribution in [-0.2, 0) is 0 Å². The van der Waals surface area contributed by atoms with Crippen molar-refractivity contribution in [3.05, 3.63) is 0 Å². The lowest BCUT2D eigenvalue weighted by molar-refractivity contribution is 0.160. The maximum Gasteiger partial charge on any atom is 0.00951 e. The number of unbranched alkanes of at least 4 members (excludes halogenated alkanes) is 3. The number of rotatable bonds is 11. The number of nitrogens with zero attached hydrogens (tertiary/aromatic N) is 1. The Labute approximate surface area is 121 Å². The fraction of sp³-hybridized carbons (Fsp3) is 1.00. The first kappa shape index (κ1) is 17.0. The van der Waals surface area contributed by atoms with Crippen molar-refractivity contribution in [1.82, 2.24) is 10.2 Å². The minimum atomic E-state index is 0.907. The molecule has 2 heteroatoms. The van der Waals surface area contributed by atoms with E-state index in [0.29, 0.717) is 0 Å². The average molecular weight is 268 g/mol. The summed E-state index contributed by atoms with van der Waals surface area (Å²) in [4.78, 5) is 2.74. The van der Waals surface area contributed by atoms with Gasteiger partial charge in [0.1, 0.15) is 0 Å². The van der Waals surface area contributed by atoms with Crippen LogP contribution in [0.1, 0.15) is 78.1 Å². The Morgan fingerprint density at radius 2 is 1.63 bits per heavy atom. The maximum atomic E-state index is 3.49. The molecule has 2 nitrogen and oxygen atoms in total. The summed E-state index contributed by atoms with van der Waals surface area (Å²) >= 11 is 0. The number of nitrogens with one attached hydrogen (secondary N) is 1. The zero-order valence-corrected chi connectivity index (χ0v) is 13.4. The predicted molar refractivity (Wildman–Crippen MR) is 85.7 cm³/mol. The Morgan fingerprint density at radius 1 is 0.895 bits per heavy atom. The largest absolute Gasteiger partial charge is 0.317 e. The van der Waals surface area contributed by atoms with E-state index in [0.717, 1.165) is 6.04 Å². The van der Waals surface area contributed by atoms with Crippen molar-refractivity contribution in [2.45, 2.75) is 84.1 Å². The lowest BCUT2D eigenvalue weighted by Crippen LogP contribution is -2.37. The molecule has 0 amide bonds. The molecule has 19 heavy (non-hydrogen) atoms. The third-order valence-electron chi connectivity index (χ3n) is 4.47. The second-order valence-corrected chi connectivity index (χ2v) is 6.08. The zero-order valence-electron chi connectivity index (χ0n) is 13.4. The van der Waals surface area contributed by atoms with Gasteiger partial charge in [-0.2, -0.15) is 0 Å². The highest BCUT2D eigenvalue weighted by Crippen LogP contribution is 2.22. The molecule has 0 spiro atoms. The Morgan fingerprint density at radius 3 is 2.32 bits per heavy atom. The molecule has 1 aliphatic carbocycles. The van der Waals surface area contributed by atoms with Gasteiger partial charge in [0.05, 0.1) is 0 Å². The van der Waals surface area contributed by atoms with Crippen molar-refractivity contribution in [2.24, 2.45) is 0 Å². The molecular weight excluding hydrogens is 232 g/mol. The van der Waals surface area contributed by atoms with Crippen LogP contribution in [-0.4, -0.2) is 37.1 Å². The van der Waals surface area contributed by atoms with E-state index in [1.54, 1.807) is 0 Å². The van der Waals surface area contributed by atoms with Crippen molar-refractivity contribution in [1.29, 1.82) is 0 Å². The van der Waals surface area contributed by atoms with Crippen LogP contribution >= 0.6 is 0 Å². The van der Waals surface area contributed by atoms with E-state index in [1.165, 1.54) is 90.4 Å². The first-order valence-electron chi connectivity index (χ1n) is 8.83. The topological polar surface area (TPSA) is 15.3 Å². The lowest BCUT2D eigenvalue weighted by atomic mass is 9.94. The average Bonchev–Trinajstić information content (AvgIpc) is 2.47. The van der Waals surface area contributed by atoms with Crippen LogP contribution in [0.4, 0.5) is 0 Å². The summed E-state index contributed by atoms with van der Waals surface area (Å²) in [5.41, 5.74) is 0. The molecule has 0 bridgehead atoms. The van der Waals surface area contributed by atoms with Gasteiger partial charge in [-0.3, -0.25) is 0 Å². The summed E-state index contributed by atoms with van der Waals surface area (Å²) in [5, 5.41) is 3.49. The zero-order chi connectivity index (χ0) is 13.8. The van der Waals surface area contributed by atoms with Gasteiger partial charge in [0.15, 0.2) is 0 Å². The molecule has 1 N–H and O–H groups in total. The van der Waals surface area contributed by atoms with E-state index in [1.807, 2.05) is 0 Å². The van der Waals surface area contributed by atoms with Crippen molar-refractivity contribution in [2.75, 3.05) is 26.2 Å². The van der Waals surface area contributed by atoms with Gasteiger partial charge in [-0.25, -0.2) is 0 Å². The third-order valence-corrected chi connectivity index (χ3v) is 4.47. The van der Waals surface area contributed by atoms with E-state index < -0.39 is 0 Å². The summed E-state index contributed by atoms with van der Waals surface area (Å²) in [6.45, 7) is 9.56. The van der Waals surface area contributed by atoms with Crippen LogP contribution in [0.2, 0.25) is 0 Å². The van der Waals surface area contributed by atoms with Crippen molar-refractivity contribution in [3.8, 4) is 0 Å². The number of hydrogen-bond donors (Lipinski definition) is 1. The first-order valence-corrected chi connectivity index (χ1v) is 8.83. The minimum absolute atomic E-state index is 0.907. The van der Waals surface area contributed by atoms with Gasteiger partial charge in [0, 0.05) is 6.04 Å². The van der Waals surface area contributed by atoms with Gasteiger partial charge in [0.2, 0.25) is 0 Å². The van der Waals surface area contributed by atoms with Gasteiger partial charge < -0.3 is 10.2 Å². The molecule has 114 valence electrons. The highest BCUT2D eigenvalue weighted by atomic mass is 15.1. The molecule has 0 heterocycles. The summed E-state index contributed by atoms with van der Waals surface area (Å²) in [6.07, 6.45) is 14.1. The van der Waals surface area contributed by atoms with Crippen LogP contribution in [0.15, 0.2) is 0 Å². The smallest absolute Gasteiger partial charge is 0.00951 e. The molecule has 1 saturated carbocycles. The van der Waals surface area contributed by atoms with Crippen LogP contribution in [0, 0.1) is 0 Å². The molecule has 0 aromatic carbocycles. The molecule has 0 aromatic heterocycles. The van der Waals surface area contributed by atoms with E-state index in [-0.39, 0.29) is 0 Å². The Balaban J connectivity index is 1.96. The van der Waals surface area contributed by atoms with E-state index >= 15 is 0 Å². The van der Waals surface area contributed by atoms with Crippen molar-refractivity contribution in [3.63, 3.8) is 0 Å². The third kappa shape index (κ3) is 7.94. The second-order valence-electron chi connectivity index (χ2n) is 6.08. The van der Waals surface area contributed by atoms with Crippen LogP contribution < -0.4 is 5.32 Å². The summed E-state index contributed by atoms with van der Waals surface area (Å²) in [5.74, 6) is 0. The van der Waals surface area contributed by atoms with Crippen LogP contribution in [0.25, 0.3) is 0 Å². The Kier molecular flexibility index (Phi) is 10.5. The SMILES string of the molecule is CCCNCCCCCCN(CC)C1CCCCC1. The molecule has 1 rings (SSSR count). The molecule has 0 atom stereocenters.